The van der Waals surface area contributed by atoms with Gasteiger partial charge in [-0.25, -0.2) is 4.79 Å². The minimum absolute atomic E-state index is 0.0578. The van der Waals surface area contributed by atoms with Gasteiger partial charge in [-0.15, -0.1) is 0 Å². The highest BCUT2D eigenvalue weighted by molar-refractivity contribution is 5.88. The van der Waals surface area contributed by atoms with Crippen molar-refractivity contribution in [3.05, 3.63) is 89.2 Å². The van der Waals surface area contributed by atoms with Crippen LogP contribution in [-0.2, 0) is 6.54 Å². The van der Waals surface area contributed by atoms with Gasteiger partial charge in [-0.2, -0.15) is 10.2 Å². The fourth-order valence-electron chi connectivity index (χ4n) is 3.39. The summed E-state index contributed by atoms with van der Waals surface area (Å²) in [7, 11) is 0. The van der Waals surface area contributed by atoms with Gasteiger partial charge in [-0.3, -0.25) is 4.57 Å². The summed E-state index contributed by atoms with van der Waals surface area (Å²) in [5, 5.41) is 21.2. The number of carbonyl (C=O) groups is 1. The Morgan fingerprint density at radius 2 is 1.83 bits per heavy atom. The molecule has 1 N–H and O–H groups in total. The lowest BCUT2D eigenvalue weighted by molar-refractivity contribution is 0.0683. The molecule has 0 bridgehead atoms. The van der Waals surface area contributed by atoms with Crippen molar-refractivity contribution in [1.82, 2.24) is 9.55 Å². The first-order valence-corrected chi connectivity index (χ1v) is 9.02. The summed E-state index contributed by atoms with van der Waals surface area (Å²) in [6.07, 6.45) is 0. The third-order valence-electron chi connectivity index (χ3n) is 4.73. The SMILES string of the molecule is Cc1nc(Oc2ccccc2C#N)n(Cc2cccc3ccccc23)c1C(=O)O. The van der Waals surface area contributed by atoms with E-state index in [-0.39, 0.29) is 18.2 Å². The zero-order valence-electron chi connectivity index (χ0n) is 15.7. The fraction of sp³-hybridized carbons (Fsp3) is 0.0870. The van der Waals surface area contributed by atoms with Crippen LogP contribution in [0, 0.1) is 18.3 Å². The van der Waals surface area contributed by atoms with Crippen LogP contribution in [0.4, 0.5) is 0 Å². The summed E-state index contributed by atoms with van der Waals surface area (Å²) in [5.74, 6) is -0.755. The molecule has 6 nitrogen and oxygen atoms in total. The van der Waals surface area contributed by atoms with Crippen LogP contribution < -0.4 is 4.74 Å². The molecular weight excluding hydrogens is 366 g/mol. The van der Waals surface area contributed by atoms with E-state index in [2.05, 4.69) is 11.1 Å². The van der Waals surface area contributed by atoms with Crippen LogP contribution in [0.15, 0.2) is 66.7 Å². The normalized spacial score (nSPS) is 10.6. The molecule has 0 saturated carbocycles. The van der Waals surface area contributed by atoms with E-state index >= 15 is 0 Å². The van der Waals surface area contributed by atoms with Crippen molar-refractivity contribution in [3.8, 4) is 17.8 Å². The van der Waals surface area contributed by atoms with E-state index in [1.54, 1.807) is 31.2 Å². The number of ether oxygens (including phenoxy) is 1. The zero-order chi connectivity index (χ0) is 20.4. The van der Waals surface area contributed by atoms with Gasteiger partial charge in [0.05, 0.1) is 17.8 Å². The number of aromatic nitrogens is 2. The van der Waals surface area contributed by atoms with Crippen LogP contribution in [0.25, 0.3) is 10.8 Å². The van der Waals surface area contributed by atoms with Crippen LogP contribution in [0.5, 0.6) is 11.8 Å². The Morgan fingerprint density at radius 3 is 2.62 bits per heavy atom. The lowest BCUT2D eigenvalue weighted by Gasteiger charge is -2.13. The van der Waals surface area contributed by atoms with Crippen LogP contribution in [0.3, 0.4) is 0 Å². The van der Waals surface area contributed by atoms with E-state index in [1.165, 1.54) is 4.57 Å². The topological polar surface area (TPSA) is 88.1 Å². The second-order valence-electron chi connectivity index (χ2n) is 6.57. The van der Waals surface area contributed by atoms with Crippen molar-refractivity contribution in [3.63, 3.8) is 0 Å². The first-order chi connectivity index (χ1) is 14.1. The number of nitriles is 1. The summed E-state index contributed by atoms with van der Waals surface area (Å²) in [6.45, 7) is 1.90. The number of aromatic carboxylic acids is 1. The molecule has 0 atom stereocenters. The number of carboxylic acids is 1. The summed E-state index contributed by atoms with van der Waals surface area (Å²) in [4.78, 5) is 16.2. The minimum Gasteiger partial charge on any atom is -0.477 e. The van der Waals surface area contributed by atoms with Gasteiger partial charge in [0.2, 0.25) is 0 Å². The molecule has 4 rings (SSSR count). The average molecular weight is 383 g/mol. The predicted molar refractivity (Wildman–Crippen MR) is 108 cm³/mol. The van der Waals surface area contributed by atoms with Gasteiger partial charge >= 0.3 is 12.0 Å². The van der Waals surface area contributed by atoms with Gasteiger partial charge in [-0.1, -0.05) is 54.6 Å². The summed E-state index contributed by atoms with van der Waals surface area (Å²) >= 11 is 0. The Kier molecular flexibility index (Phi) is 4.71. The van der Waals surface area contributed by atoms with Crippen LogP contribution in [0.2, 0.25) is 0 Å². The summed E-state index contributed by atoms with van der Waals surface area (Å²) in [5.41, 5.74) is 1.70. The molecule has 1 heterocycles. The number of hydrogen-bond acceptors (Lipinski definition) is 4. The number of imidazole rings is 1. The standard InChI is InChI=1S/C23H17N3O3/c1-15-21(22(27)28)26(14-18-10-6-9-16-7-2-4-11-19(16)18)23(25-15)29-20-12-5-3-8-17(20)13-24/h2-12H,14H2,1H3,(H,27,28). The number of rotatable bonds is 5. The Labute approximate surface area is 167 Å². The molecule has 0 aliphatic carbocycles. The highest BCUT2D eigenvalue weighted by atomic mass is 16.5. The second kappa shape index (κ2) is 7.49. The van der Waals surface area contributed by atoms with Crippen molar-refractivity contribution < 1.29 is 14.6 Å². The Bertz CT molecular complexity index is 1260. The molecule has 1 aromatic heterocycles. The van der Waals surface area contributed by atoms with Crippen molar-refractivity contribution in [2.75, 3.05) is 0 Å². The third-order valence-corrected chi connectivity index (χ3v) is 4.73. The number of nitrogens with zero attached hydrogens (tertiary/aromatic N) is 3. The molecule has 3 aromatic carbocycles. The number of benzene rings is 3. The highest BCUT2D eigenvalue weighted by Gasteiger charge is 2.23. The van der Waals surface area contributed by atoms with Crippen LogP contribution in [0.1, 0.15) is 27.3 Å². The number of fused-ring (bicyclic) bond motifs is 1. The van der Waals surface area contributed by atoms with Crippen molar-refractivity contribution in [2.24, 2.45) is 0 Å². The molecular formula is C23H17N3O3. The summed E-state index contributed by atoms with van der Waals surface area (Å²) in [6, 6.07) is 22.8. The van der Waals surface area contributed by atoms with Crippen LogP contribution in [-0.4, -0.2) is 20.6 Å². The first-order valence-electron chi connectivity index (χ1n) is 9.02. The van der Waals surface area contributed by atoms with Gasteiger partial charge in [0.1, 0.15) is 11.8 Å². The molecule has 142 valence electrons. The maximum atomic E-state index is 11.9. The van der Waals surface area contributed by atoms with E-state index in [4.69, 9.17) is 4.74 Å². The predicted octanol–water partition coefficient (Wildman–Crippen LogP) is 4.76. The Balaban J connectivity index is 1.83. The first kappa shape index (κ1) is 18.3. The summed E-state index contributed by atoms with van der Waals surface area (Å²) < 4.78 is 7.43. The van der Waals surface area contributed by atoms with E-state index in [0.717, 1.165) is 16.3 Å². The number of aryl methyl sites for hydroxylation is 1. The molecule has 0 unspecified atom stereocenters. The Hall–Kier alpha value is -4.11. The molecule has 0 amide bonds. The van der Waals surface area contributed by atoms with Gasteiger partial charge in [0.25, 0.3) is 0 Å². The Morgan fingerprint density at radius 1 is 1.10 bits per heavy atom. The lowest BCUT2D eigenvalue weighted by atomic mass is 10.0. The third kappa shape index (κ3) is 3.42. The zero-order valence-corrected chi connectivity index (χ0v) is 15.7. The largest absolute Gasteiger partial charge is 0.477 e. The van der Waals surface area contributed by atoms with Crippen molar-refractivity contribution in [2.45, 2.75) is 13.5 Å². The minimum atomic E-state index is -1.08. The lowest BCUT2D eigenvalue weighted by Crippen LogP contribution is -2.12. The molecule has 29 heavy (non-hydrogen) atoms. The number of para-hydroxylation sites is 1. The molecule has 0 saturated heterocycles. The maximum absolute atomic E-state index is 11.9. The van der Waals surface area contributed by atoms with E-state index in [1.807, 2.05) is 42.5 Å². The maximum Gasteiger partial charge on any atom is 0.354 e. The van der Waals surface area contributed by atoms with E-state index in [0.29, 0.717) is 17.0 Å². The number of carboxylic acid groups (broad SMARTS) is 1. The van der Waals surface area contributed by atoms with Crippen molar-refractivity contribution >= 4 is 16.7 Å². The van der Waals surface area contributed by atoms with Crippen molar-refractivity contribution in [1.29, 1.82) is 5.26 Å². The molecule has 6 heteroatoms. The molecule has 0 radical (unpaired) electrons. The van der Waals surface area contributed by atoms with Gasteiger partial charge in [-0.05, 0) is 35.4 Å². The highest BCUT2D eigenvalue weighted by Crippen LogP contribution is 2.29. The molecule has 0 aliphatic rings. The molecule has 4 aromatic rings. The van der Waals surface area contributed by atoms with Crippen LogP contribution >= 0.6 is 0 Å². The monoisotopic (exact) mass is 383 g/mol. The second-order valence-corrected chi connectivity index (χ2v) is 6.57. The van der Waals surface area contributed by atoms with Gasteiger partial charge in [0.15, 0.2) is 5.69 Å². The fourth-order valence-corrected chi connectivity index (χ4v) is 3.39. The molecule has 0 fully saturated rings. The van der Waals surface area contributed by atoms with E-state index < -0.39 is 5.97 Å². The smallest absolute Gasteiger partial charge is 0.354 e. The molecule has 0 spiro atoms. The molecule has 0 aliphatic heterocycles. The quantitative estimate of drug-likeness (QED) is 0.537. The van der Waals surface area contributed by atoms with Gasteiger partial charge < -0.3 is 9.84 Å². The van der Waals surface area contributed by atoms with Gasteiger partial charge in [0, 0.05) is 0 Å². The number of hydrogen-bond donors (Lipinski definition) is 1. The van der Waals surface area contributed by atoms with E-state index in [9.17, 15) is 15.2 Å². The average Bonchev–Trinajstić information content (AvgIpc) is 3.03.